The molecule has 0 saturated carbocycles. The third-order valence-corrected chi connectivity index (χ3v) is 4.37. The molecule has 19 heavy (non-hydrogen) atoms. The highest BCUT2D eigenvalue weighted by Crippen LogP contribution is 2.30. The maximum Gasteiger partial charge on any atom is 0.188 e. The molecule has 0 aliphatic carbocycles. The van der Waals surface area contributed by atoms with E-state index in [-0.39, 0.29) is 24.0 Å². The van der Waals surface area contributed by atoms with Crippen LogP contribution in [-0.4, -0.2) is 31.8 Å². The predicted molar refractivity (Wildman–Crippen MR) is 92.2 cm³/mol. The third-order valence-electron chi connectivity index (χ3n) is 4.37. The standard InChI is InChI=1S/C14H29N3O.HI/c1-4-14(5-2,6-3)11-17-13(15)16-10-12-8-7-9-18-12;/h12H,4-11H2,1-3H3,(H3,15,16,17);1H. The minimum Gasteiger partial charge on any atom is -0.376 e. The molecule has 0 radical (unpaired) electrons. The first-order chi connectivity index (χ1) is 8.65. The predicted octanol–water partition coefficient (Wildman–Crippen LogP) is 2.90. The Morgan fingerprint density at radius 3 is 2.42 bits per heavy atom. The lowest BCUT2D eigenvalue weighted by Gasteiger charge is -2.28. The van der Waals surface area contributed by atoms with Crippen molar-refractivity contribution in [3.05, 3.63) is 0 Å². The molecule has 0 aromatic carbocycles. The summed E-state index contributed by atoms with van der Waals surface area (Å²) in [7, 11) is 0. The van der Waals surface area contributed by atoms with Gasteiger partial charge in [-0.2, -0.15) is 0 Å². The van der Waals surface area contributed by atoms with Crippen molar-refractivity contribution >= 4 is 29.9 Å². The summed E-state index contributed by atoms with van der Waals surface area (Å²) in [6.07, 6.45) is 6.07. The molecule has 114 valence electrons. The quantitative estimate of drug-likeness (QED) is 0.404. The van der Waals surface area contributed by atoms with Gasteiger partial charge >= 0.3 is 0 Å². The van der Waals surface area contributed by atoms with Crippen molar-refractivity contribution < 1.29 is 4.74 Å². The number of nitrogens with one attached hydrogen (secondary N) is 1. The number of ether oxygens (including phenoxy) is 1. The van der Waals surface area contributed by atoms with Gasteiger partial charge in [-0.05, 0) is 37.5 Å². The zero-order valence-electron chi connectivity index (χ0n) is 12.6. The molecule has 1 rings (SSSR count). The first-order valence-electron chi connectivity index (χ1n) is 7.31. The maximum atomic E-state index is 5.91. The van der Waals surface area contributed by atoms with Crippen molar-refractivity contribution in [3.8, 4) is 0 Å². The van der Waals surface area contributed by atoms with Gasteiger partial charge in [0.1, 0.15) is 0 Å². The summed E-state index contributed by atoms with van der Waals surface area (Å²) in [4.78, 5) is 4.50. The molecule has 1 fully saturated rings. The Morgan fingerprint density at radius 2 is 1.95 bits per heavy atom. The Labute approximate surface area is 135 Å². The van der Waals surface area contributed by atoms with E-state index in [1.54, 1.807) is 0 Å². The largest absolute Gasteiger partial charge is 0.376 e. The van der Waals surface area contributed by atoms with E-state index in [1.807, 2.05) is 0 Å². The number of halogens is 1. The zero-order chi connectivity index (χ0) is 13.4. The van der Waals surface area contributed by atoms with Crippen LogP contribution in [0, 0.1) is 5.41 Å². The third kappa shape index (κ3) is 6.29. The van der Waals surface area contributed by atoms with E-state index < -0.39 is 0 Å². The Morgan fingerprint density at radius 1 is 1.32 bits per heavy atom. The Kier molecular flexibility index (Phi) is 9.78. The minimum absolute atomic E-state index is 0. The van der Waals surface area contributed by atoms with E-state index in [0.29, 0.717) is 17.5 Å². The van der Waals surface area contributed by atoms with Crippen molar-refractivity contribution in [1.29, 1.82) is 0 Å². The van der Waals surface area contributed by atoms with Crippen LogP contribution in [0.1, 0.15) is 52.9 Å². The fourth-order valence-corrected chi connectivity index (χ4v) is 2.42. The Hall–Kier alpha value is -0.0400. The summed E-state index contributed by atoms with van der Waals surface area (Å²) < 4.78 is 5.54. The molecule has 1 heterocycles. The summed E-state index contributed by atoms with van der Waals surface area (Å²) >= 11 is 0. The van der Waals surface area contributed by atoms with Gasteiger partial charge in [-0.3, -0.25) is 4.99 Å². The Bertz CT molecular complexity index is 253. The van der Waals surface area contributed by atoms with Gasteiger partial charge in [0.05, 0.1) is 6.10 Å². The van der Waals surface area contributed by atoms with Gasteiger partial charge in [0.2, 0.25) is 0 Å². The summed E-state index contributed by atoms with van der Waals surface area (Å²) in [5.41, 5.74) is 6.22. The van der Waals surface area contributed by atoms with Crippen LogP contribution in [0.15, 0.2) is 4.99 Å². The lowest BCUT2D eigenvalue weighted by Crippen LogP contribution is -2.38. The van der Waals surface area contributed by atoms with Crippen molar-refractivity contribution in [3.63, 3.8) is 0 Å². The zero-order valence-corrected chi connectivity index (χ0v) is 14.9. The van der Waals surface area contributed by atoms with Gasteiger partial charge in [0, 0.05) is 19.7 Å². The number of hydrogen-bond acceptors (Lipinski definition) is 2. The molecule has 1 unspecified atom stereocenters. The second-order valence-electron chi connectivity index (χ2n) is 5.28. The van der Waals surface area contributed by atoms with Gasteiger partial charge < -0.3 is 15.8 Å². The van der Waals surface area contributed by atoms with Crippen LogP contribution < -0.4 is 11.1 Å². The molecule has 0 aromatic heterocycles. The van der Waals surface area contributed by atoms with Crippen molar-refractivity contribution in [2.45, 2.75) is 59.0 Å². The van der Waals surface area contributed by atoms with E-state index in [4.69, 9.17) is 10.5 Å². The average molecular weight is 383 g/mol. The lowest BCUT2D eigenvalue weighted by atomic mass is 9.80. The summed E-state index contributed by atoms with van der Waals surface area (Å²) in [5, 5.41) is 3.17. The minimum atomic E-state index is 0. The lowest BCUT2D eigenvalue weighted by molar-refractivity contribution is 0.114. The van der Waals surface area contributed by atoms with Gasteiger partial charge in [0.25, 0.3) is 0 Å². The van der Waals surface area contributed by atoms with Crippen LogP contribution in [0.5, 0.6) is 0 Å². The molecule has 1 atom stereocenters. The molecule has 4 nitrogen and oxygen atoms in total. The van der Waals surface area contributed by atoms with Crippen LogP contribution in [0.2, 0.25) is 0 Å². The molecule has 0 amide bonds. The van der Waals surface area contributed by atoms with Crippen LogP contribution in [0.4, 0.5) is 0 Å². The highest BCUT2D eigenvalue weighted by molar-refractivity contribution is 14.0. The van der Waals surface area contributed by atoms with Crippen LogP contribution in [0.3, 0.4) is 0 Å². The van der Waals surface area contributed by atoms with Gasteiger partial charge in [-0.1, -0.05) is 20.8 Å². The van der Waals surface area contributed by atoms with Gasteiger partial charge in [0.15, 0.2) is 5.96 Å². The number of aliphatic imine (C=N–C) groups is 1. The Balaban J connectivity index is 0.00000324. The van der Waals surface area contributed by atoms with Crippen LogP contribution in [0.25, 0.3) is 0 Å². The van der Waals surface area contributed by atoms with Crippen molar-refractivity contribution in [2.75, 3.05) is 19.7 Å². The van der Waals surface area contributed by atoms with E-state index in [9.17, 15) is 0 Å². The molecule has 1 aliphatic rings. The molecule has 1 aliphatic heterocycles. The second-order valence-corrected chi connectivity index (χ2v) is 5.28. The van der Waals surface area contributed by atoms with E-state index in [2.05, 4.69) is 31.1 Å². The molecule has 0 bridgehead atoms. The number of rotatable bonds is 7. The van der Waals surface area contributed by atoms with Crippen LogP contribution in [-0.2, 0) is 4.74 Å². The van der Waals surface area contributed by atoms with E-state index in [0.717, 1.165) is 51.8 Å². The highest BCUT2D eigenvalue weighted by atomic mass is 127. The number of hydrogen-bond donors (Lipinski definition) is 2. The molecular weight excluding hydrogens is 353 g/mol. The molecular formula is C14H30IN3O. The fraction of sp³-hybridized carbons (Fsp3) is 0.929. The molecule has 0 spiro atoms. The van der Waals surface area contributed by atoms with Gasteiger partial charge in [-0.25, -0.2) is 0 Å². The van der Waals surface area contributed by atoms with Gasteiger partial charge in [-0.15, -0.1) is 24.0 Å². The first kappa shape index (κ1) is 19.0. The average Bonchev–Trinajstić information content (AvgIpc) is 2.92. The highest BCUT2D eigenvalue weighted by Gasteiger charge is 2.23. The first-order valence-corrected chi connectivity index (χ1v) is 7.31. The van der Waals surface area contributed by atoms with E-state index >= 15 is 0 Å². The maximum absolute atomic E-state index is 5.91. The number of guanidine groups is 1. The topological polar surface area (TPSA) is 59.6 Å². The second kappa shape index (κ2) is 9.80. The van der Waals surface area contributed by atoms with Crippen molar-refractivity contribution in [2.24, 2.45) is 16.1 Å². The normalized spacial score (nSPS) is 20.2. The fourth-order valence-electron chi connectivity index (χ4n) is 2.42. The summed E-state index contributed by atoms with van der Waals surface area (Å²) in [6.45, 7) is 9.19. The summed E-state index contributed by atoms with van der Waals surface area (Å²) in [6, 6.07) is 0. The number of nitrogens with two attached hydrogens (primary N) is 1. The molecule has 3 N–H and O–H groups in total. The van der Waals surface area contributed by atoms with E-state index in [1.165, 1.54) is 0 Å². The summed E-state index contributed by atoms with van der Waals surface area (Å²) in [5.74, 6) is 0.560. The SMILES string of the molecule is CCC(CC)(CC)CN=C(N)NCC1CCCO1.I. The van der Waals surface area contributed by atoms with Crippen molar-refractivity contribution in [1.82, 2.24) is 5.32 Å². The van der Waals surface area contributed by atoms with Crippen LogP contribution >= 0.6 is 24.0 Å². The smallest absolute Gasteiger partial charge is 0.188 e. The molecule has 0 aromatic rings. The molecule has 1 saturated heterocycles. The molecule has 5 heteroatoms. The number of nitrogens with zero attached hydrogens (tertiary/aromatic N) is 1. The monoisotopic (exact) mass is 383 g/mol.